The molecule has 0 aliphatic heterocycles. The van der Waals surface area contributed by atoms with Gasteiger partial charge in [-0.1, -0.05) is 12.1 Å². The third kappa shape index (κ3) is 10.3. The Morgan fingerprint density at radius 1 is 0.829 bits per heavy atom. The van der Waals surface area contributed by atoms with Crippen LogP contribution in [-0.2, 0) is 35.2 Å². The average Bonchev–Trinajstić information content (AvgIpc) is 2.76. The van der Waals surface area contributed by atoms with Crippen LogP contribution in [0.25, 0.3) is 0 Å². The fraction of sp³-hybridized carbons (Fsp3) is 0.400. The molecule has 4 atom stereocenters. The summed E-state index contributed by atoms with van der Waals surface area (Å²) >= 11 is 3.92. The molecule has 1 aromatic rings. The van der Waals surface area contributed by atoms with Crippen molar-refractivity contribution in [1.29, 1.82) is 0 Å². The molecule has 0 saturated heterocycles. The number of nitrogens with two attached hydrogens (primary N) is 2. The maximum Gasteiger partial charge on any atom is 0.326 e. The summed E-state index contributed by atoms with van der Waals surface area (Å²) in [5, 5.41) is 33.6. The molecule has 192 valence electrons. The van der Waals surface area contributed by atoms with Crippen molar-refractivity contribution in [3.8, 4) is 5.75 Å². The number of phenolic OH excluding ortho intramolecular Hbond substituents is 1. The van der Waals surface area contributed by atoms with E-state index in [0.717, 1.165) is 0 Å². The van der Waals surface area contributed by atoms with Gasteiger partial charge in [-0.25, -0.2) is 4.79 Å². The predicted molar refractivity (Wildman–Crippen MR) is 123 cm³/mol. The highest BCUT2D eigenvalue weighted by atomic mass is 32.1. The first-order chi connectivity index (χ1) is 16.3. The van der Waals surface area contributed by atoms with Crippen molar-refractivity contribution in [2.75, 3.05) is 5.75 Å². The Kier molecular flexibility index (Phi) is 11.5. The molecule has 10 N–H and O–H groups in total. The number of aromatic hydroxyl groups is 1. The number of benzene rings is 1. The summed E-state index contributed by atoms with van der Waals surface area (Å²) in [6, 6.07) is 0.0305. The number of hydrogen-bond acceptors (Lipinski definition) is 9. The fourth-order valence-corrected chi connectivity index (χ4v) is 3.04. The van der Waals surface area contributed by atoms with Crippen molar-refractivity contribution in [1.82, 2.24) is 16.0 Å². The van der Waals surface area contributed by atoms with E-state index >= 15 is 0 Å². The molecule has 14 nitrogen and oxygen atoms in total. The highest BCUT2D eigenvalue weighted by Crippen LogP contribution is 2.11. The Morgan fingerprint density at radius 3 is 1.83 bits per heavy atom. The zero-order valence-corrected chi connectivity index (χ0v) is 19.2. The predicted octanol–water partition coefficient (Wildman–Crippen LogP) is -2.92. The quantitative estimate of drug-likeness (QED) is 0.115. The van der Waals surface area contributed by atoms with Crippen LogP contribution >= 0.6 is 12.6 Å². The van der Waals surface area contributed by atoms with Crippen LogP contribution in [0.2, 0.25) is 0 Å². The van der Waals surface area contributed by atoms with Crippen molar-refractivity contribution < 1.29 is 44.1 Å². The molecule has 0 bridgehead atoms. The number of amides is 4. The third-order valence-corrected chi connectivity index (χ3v) is 4.94. The molecular weight excluding hydrogens is 486 g/mol. The number of rotatable bonds is 14. The van der Waals surface area contributed by atoms with Crippen LogP contribution < -0.4 is 27.4 Å². The summed E-state index contributed by atoms with van der Waals surface area (Å²) in [7, 11) is 0. The molecule has 0 aromatic heterocycles. The summed E-state index contributed by atoms with van der Waals surface area (Å²) in [5.41, 5.74) is 11.6. The molecule has 35 heavy (non-hydrogen) atoms. The van der Waals surface area contributed by atoms with Crippen molar-refractivity contribution in [3.05, 3.63) is 29.8 Å². The number of phenols is 1. The van der Waals surface area contributed by atoms with Crippen molar-refractivity contribution in [2.24, 2.45) is 11.5 Å². The molecule has 1 rings (SSSR count). The van der Waals surface area contributed by atoms with Crippen LogP contribution in [0.15, 0.2) is 24.3 Å². The highest BCUT2D eigenvalue weighted by Gasteiger charge is 2.31. The smallest absolute Gasteiger partial charge is 0.326 e. The summed E-state index contributed by atoms with van der Waals surface area (Å²) < 4.78 is 0. The SMILES string of the molecule is NC(=O)CC(NC(=O)C(N)Cc1ccc(O)cc1)C(=O)NC(CS)C(=O)NC(CC(=O)O)C(=O)O. The lowest BCUT2D eigenvalue weighted by molar-refractivity contribution is -0.147. The van der Waals surface area contributed by atoms with Gasteiger partial charge in [-0.2, -0.15) is 12.6 Å². The van der Waals surface area contributed by atoms with E-state index in [0.29, 0.717) is 5.56 Å². The second kappa shape index (κ2) is 13.8. The van der Waals surface area contributed by atoms with Gasteiger partial charge in [-0.3, -0.25) is 24.0 Å². The van der Waals surface area contributed by atoms with Gasteiger partial charge in [0.05, 0.1) is 18.9 Å². The van der Waals surface area contributed by atoms with Crippen LogP contribution in [0.3, 0.4) is 0 Å². The zero-order chi connectivity index (χ0) is 26.7. The summed E-state index contributed by atoms with van der Waals surface area (Å²) in [6.45, 7) is 0. The van der Waals surface area contributed by atoms with Crippen LogP contribution in [0.5, 0.6) is 5.75 Å². The molecule has 0 saturated carbocycles. The number of primary amides is 1. The van der Waals surface area contributed by atoms with Crippen LogP contribution in [0, 0.1) is 0 Å². The number of thiol groups is 1. The fourth-order valence-electron chi connectivity index (χ4n) is 2.78. The molecule has 0 radical (unpaired) electrons. The van der Waals surface area contributed by atoms with Gasteiger partial charge in [0.15, 0.2) is 0 Å². The molecule has 0 spiro atoms. The lowest BCUT2D eigenvalue weighted by Gasteiger charge is -2.23. The summed E-state index contributed by atoms with van der Waals surface area (Å²) in [5.74, 6) is -7.19. The average molecular weight is 514 g/mol. The minimum absolute atomic E-state index is 0.0189. The van der Waals surface area contributed by atoms with E-state index in [1.807, 2.05) is 5.32 Å². The maximum atomic E-state index is 12.7. The third-order valence-electron chi connectivity index (χ3n) is 4.58. The van der Waals surface area contributed by atoms with E-state index in [2.05, 4.69) is 23.3 Å². The van der Waals surface area contributed by atoms with E-state index in [4.69, 9.17) is 21.7 Å². The van der Waals surface area contributed by atoms with Crippen LogP contribution in [-0.4, -0.2) is 80.8 Å². The number of carbonyl (C=O) groups excluding carboxylic acids is 4. The lowest BCUT2D eigenvalue weighted by atomic mass is 10.0. The topological polar surface area (TPSA) is 251 Å². The number of carboxylic acid groups (broad SMARTS) is 2. The Bertz CT molecular complexity index is 957. The van der Waals surface area contributed by atoms with Crippen LogP contribution in [0.4, 0.5) is 0 Å². The summed E-state index contributed by atoms with van der Waals surface area (Å²) in [4.78, 5) is 70.9. The molecule has 0 aliphatic carbocycles. The first-order valence-corrected chi connectivity index (χ1v) is 10.8. The van der Waals surface area contributed by atoms with E-state index in [1.165, 1.54) is 12.1 Å². The highest BCUT2D eigenvalue weighted by molar-refractivity contribution is 7.80. The number of aliphatic carboxylic acids is 2. The van der Waals surface area contributed by atoms with E-state index in [-0.39, 0.29) is 17.9 Å². The molecular formula is C20H27N5O9S. The van der Waals surface area contributed by atoms with Gasteiger partial charge in [0.2, 0.25) is 23.6 Å². The molecule has 0 heterocycles. The van der Waals surface area contributed by atoms with Gasteiger partial charge in [0.25, 0.3) is 0 Å². The standard InChI is InChI=1S/C20H27N5O9S/c21-11(5-9-1-3-10(26)4-2-9)17(30)23-12(6-15(22)27)18(31)25-14(8-35)19(32)24-13(20(33)34)7-16(28)29/h1-4,11-14,26,35H,5-8,21H2,(H2,22,27)(H,23,30)(H,24,32)(H,25,31)(H,28,29)(H,33,34). The first kappa shape index (κ1) is 29.2. The van der Waals surface area contributed by atoms with Crippen molar-refractivity contribution in [3.63, 3.8) is 0 Å². The van der Waals surface area contributed by atoms with Crippen molar-refractivity contribution >= 4 is 48.2 Å². The first-order valence-electron chi connectivity index (χ1n) is 10.1. The molecule has 0 fully saturated rings. The van der Waals surface area contributed by atoms with Gasteiger partial charge < -0.3 is 42.7 Å². The number of nitrogens with one attached hydrogen (secondary N) is 3. The number of carboxylic acids is 2. The largest absolute Gasteiger partial charge is 0.508 e. The molecule has 1 aromatic carbocycles. The molecule has 4 amide bonds. The van der Waals surface area contributed by atoms with Gasteiger partial charge in [0.1, 0.15) is 23.9 Å². The van der Waals surface area contributed by atoms with E-state index in [9.17, 15) is 33.9 Å². The normalized spacial score (nSPS) is 14.0. The molecule has 0 aliphatic rings. The Hall–Kier alpha value is -3.85. The van der Waals surface area contributed by atoms with Crippen LogP contribution in [0.1, 0.15) is 18.4 Å². The Balaban J connectivity index is 2.87. The molecule has 4 unspecified atom stereocenters. The van der Waals surface area contributed by atoms with Crippen molar-refractivity contribution in [2.45, 2.75) is 43.4 Å². The van der Waals surface area contributed by atoms with E-state index < -0.39 is 72.6 Å². The second-order valence-corrected chi connectivity index (χ2v) is 7.81. The second-order valence-electron chi connectivity index (χ2n) is 7.45. The lowest BCUT2D eigenvalue weighted by Crippen LogP contribution is -2.58. The van der Waals surface area contributed by atoms with Gasteiger partial charge in [0, 0.05) is 5.75 Å². The Morgan fingerprint density at radius 2 is 1.34 bits per heavy atom. The van der Waals surface area contributed by atoms with Gasteiger partial charge in [-0.05, 0) is 24.1 Å². The maximum absolute atomic E-state index is 12.7. The number of hydrogen-bond donors (Lipinski definition) is 9. The number of carbonyl (C=O) groups is 6. The van der Waals surface area contributed by atoms with Gasteiger partial charge >= 0.3 is 11.9 Å². The zero-order valence-electron chi connectivity index (χ0n) is 18.3. The monoisotopic (exact) mass is 513 g/mol. The molecule has 15 heteroatoms. The van der Waals surface area contributed by atoms with Gasteiger partial charge in [-0.15, -0.1) is 0 Å². The Labute approximate surface area is 204 Å². The minimum Gasteiger partial charge on any atom is -0.508 e. The van der Waals surface area contributed by atoms with E-state index in [1.54, 1.807) is 12.1 Å². The summed E-state index contributed by atoms with van der Waals surface area (Å²) in [6.07, 6.45) is -1.51. The minimum atomic E-state index is -1.77.